The first-order chi connectivity index (χ1) is 10.6. The number of ketones is 1. The van der Waals surface area contributed by atoms with Crippen molar-refractivity contribution in [1.29, 1.82) is 0 Å². The summed E-state index contributed by atoms with van der Waals surface area (Å²) in [5.74, 6) is 0.142. The summed E-state index contributed by atoms with van der Waals surface area (Å²) in [4.78, 5) is 20.6. The van der Waals surface area contributed by atoms with Gasteiger partial charge in [-0.05, 0) is 26.8 Å². The van der Waals surface area contributed by atoms with Gasteiger partial charge < -0.3 is 4.90 Å². The molecule has 3 heterocycles. The zero-order valence-electron chi connectivity index (χ0n) is 13.4. The Morgan fingerprint density at radius 1 is 1.22 bits per heavy atom. The molecule has 0 aromatic carbocycles. The number of hydrogen-bond acceptors (Lipinski definition) is 4. The first kappa shape index (κ1) is 16.2. The van der Waals surface area contributed by atoms with E-state index >= 15 is 0 Å². The number of halogens is 3. The largest absolute Gasteiger partial charge is 0.417 e. The van der Waals surface area contributed by atoms with Crippen molar-refractivity contribution in [3.05, 3.63) is 23.4 Å². The summed E-state index contributed by atoms with van der Waals surface area (Å²) in [6.07, 6.45) is -3.42. The Bertz CT molecular complexity index is 636. The summed E-state index contributed by atoms with van der Waals surface area (Å²) >= 11 is 0. The molecular formula is C16H20F3N3O. The van der Waals surface area contributed by atoms with E-state index in [1.54, 1.807) is 0 Å². The first-order valence-corrected chi connectivity index (χ1v) is 7.69. The van der Waals surface area contributed by atoms with E-state index < -0.39 is 11.7 Å². The van der Waals surface area contributed by atoms with Gasteiger partial charge in [-0.2, -0.15) is 13.2 Å². The van der Waals surface area contributed by atoms with Gasteiger partial charge in [0.25, 0.3) is 0 Å². The van der Waals surface area contributed by atoms with Crippen LogP contribution in [0.25, 0.3) is 0 Å². The van der Waals surface area contributed by atoms with E-state index in [2.05, 4.69) is 30.7 Å². The normalized spacial score (nSPS) is 22.8. The zero-order chi connectivity index (χ0) is 17.0. The molecule has 2 aliphatic rings. The number of pyridine rings is 1. The van der Waals surface area contributed by atoms with Gasteiger partial charge in [0, 0.05) is 37.8 Å². The van der Waals surface area contributed by atoms with Crippen LogP contribution in [-0.4, -0.2) is 46.9 Å². The molecule has 1 aromatic rings. The molecule has 4 nitrogen and oxygen atoms in total. The van der Waals surface area contributed by atoms with E-state index in [-0.39, 0.29) is 29.3 Å². The second-order valence-corrected chi connectivity index (χ2v) is 7.18. The Labute approximate surface area is 133 Å². The van der Waals surface area contributed by atoms with Gasteiger partial charge in [0.1, 0.15) is 5.82 Å². The maximum atomic E-state index is 12.8. The Balaban J connectivity index is 1.92. The molecule has 1 aromatic heterocycles. The lowest BCUT2D eigenvalue weighted by molar-refractivity contribution is -0.137. The third-order valence-electron chi connectivity index (χ3n) is 4.62. The average Bonchev–Trinajstić information content (AvgIpc) is 2.44. The predicted molar refractivity (Wildman–Crippen MR) is 80.6 cm³/mol. The number of nitrogens with zero attached hydrogens (tertiary/aromatic N) is 3. The molecule has 0 saturated carbocycles. The van der Waals surface area contributed by atoms with Crippen molar-refractivity contribution in [1.82, 2.24) is 9.88 Å². The Morgan fingerprint density at radius 3 is 2.52 bits per heavy atom. The Hall–Kier alpha value is -1.63. The summed E-state index contributed by atoms with van der Waals surface area (Å²) < 4.78 is 38.5. The molecule has 126 valence electrons. The molecule has 23 heavy (non-hydrogen) atoms. The van der Waals surface area contributed by atoms with E-state index in [1.165, 1.54) is 0 Å². The molecule has 7 heteroatoms. The molecule has 0 aliphatic carbocycles. The number of hydrogen-bond donors (Lipinski definition) is 0. The van der Waals surface area contributed by atoms with E-state index in [9.17, 15) is 18.0 Å². The fourth-order valence-corrected chi connectivity index (χ4v) is 3.29. The number of rotatable bonds is 0. The summed E-state index contributed by atoms with van der Waals surface area (Å²) in [6.45, 7) is 8.55. The maximum absolute atomic E-state index is 12.8. The van der Waals surface area contributed by atoms with Gasteiger partial charge in [0.05, 0.1) is 17.2 Å². The van der Waals surface area contributed by atoms with Crippen LogP contribution >= 0.6 is 0 Å². The van der Waals surface area contributed by atoms with Gasteiger partial charge in [0.15, 0.2) is 5.78 Å². The molecule has 0 bridgehead atoms. The second kappa shape index (κ2) is 5.19. The number of alkyl halides is 3. The molecule has 3 rings (SSSR count). The van der Waals surface area contributed by atoms with Gasteiger partial charge in [0.2, 0.25) is 0 Å². The van der Waals surface area contributed by atoms with Crippen LogP contribution in [-0.2, 0) is 6.18 Å². The summed E-state index contributed by atoms with van der Waals surface area (Å²) in [6, 6.07) is 0.920. The van der Waals surface area contributed by atoms with Gasteiger partial charge >= 0.3 is 6.18 Å². The molecule has 0 radical (unpaired) electrons. The molecule has 1 saturated heterocycles. The molecule has 0 N–H and O–H groups in total. The highest BCUT2D eigenvalue weighted by atomic mass is 19.4. The van der Waals surface area contributed by atoms with Crippen molar-refractivity contribution in [3.63, 3.8) is 0 Å². The van der Waals surface area contributed by atoms with Gasteiger partial charge in [-0.1, -0.05) is 0 Å². The van der Waals surface area contributed by atoms with E-state index in [0.717, 1.165) is 25.4 Å². The smallest absolute Gasteiger partial charge is 0.350 e. The highest BCUT2D eigenvalue weighted by Gasteiger charge is 2.40. The van der Waals surface area contributed by atoms with E-state index in [4.69, 9.17) is 0 Å². The second-order valence-electron chi connectivity index (χ2n) is 7.18. The molecule has 2 aliphatic heterocycles. The molecule has 1 unspecified atom stereocenters. The van der Waals surface area contributed by atoms with Crippen LogP contribution in [0, 0.1) is 0 Å². The van der Waals surface area contributed by atoms with Crippen molar-refractivity contribution in [2.45, 2.75) is 44.9 Å². The van der Waals surface area contributed by atoms with E-state index in [0.29, 0.717) is 12.4 Å². The van der Waals surface area contributed by atoms with E-state index in [1.807, 2.05) is 4.90 Å². The fraction of sp³-hybridized carbons (Fsp3) is 0.625. The minimum atomic E-state index is -4.48. The van der Waals surface area contributed by atoms with Crippen LogP contribution < -0.4 is 4.90 Å². The highest BCUT2D eigenvalue weighted by molar-refractivity contribution is 6.03. The van der Waals surface area contributed by atoms with Crippen molar-refractivity contribution < 1.29 is 18.0 Å². The average molecular weight is 327 g/mol. The maximum Gasteiger partial charge on any atom is 0.417 e. The number of Topliss-reactive ketones (excluding diaryl/α,β-unsaturated/α-hetero) is 1. The third-order valence-corrected chi connectivity index (χ3v) is 4.62. The number of piperazine rings is 1. The van der Waals surface area contributed by atoms with Crippen molar-refractivity contribution in [3.8, 4) is 0 Å². The van der Waals surface area contributed by atoms with Crippen LogP contribution in [0.5, 0.6) is 0 Å². The molecule has 1 fully saturated rings. The first-order valence-electron chi connectivity index (χ1n) is 7.69. The SMILES string of the molecule is CC(C)(C)N1CCN2c3ncc(C(F)(F)F)cc3C(=O)CC2C1. The summed E-state index contributed by atoms with van der Waals surface area (Å²) in [7, 11) is 0. The predicted octanol–water partition coefficient (Wildman–Crippen LogP) is 2.98. The summed E-state index contributed by atoms with van der Waals surface area (Å²) in [5, 5.41) is 0. The fourth-order valence-electron chi connectivity index (χ4n) is 3.29. The lowest BCUT2D eigenvalue weighted by Gasteiger charge is -2.49. The zero-order valence-corrected chi connectivity index (χ0v) is 13.4. The van der Waals surface area contributed by atoms with Crippen LogP contribution in [0.4, 0.5) is 19.0 Å². The van der Waals surface area contributed by atoms with Crippen LogP contribution in [0.1, 0.15) is 43.1 Å². The number of anilines is 1. The van der Waals surface area contributed by atoms with Crippen molar-refractivity contribution >= 4 is 11.6 Å². The number of carbonyl (C=O) groups excluding carboxylic acids is 1. The van der Waals surface area contributed by atoms with Crippen molar-refractivity contribution in [2.24, 2.45) is 0 Å². The van der Waals surface area contributed by atoms with Crippen LogP contribution in [0.2, 0.25) is 0 Å². The van der Waals surface area contributed by atoms with Gasteiger partial charge in [-0.25, -0.2) is 4.98 Å². The molecular weight excluding hydrogens is 307 g/mol. The minimum absolute atomic E-state index is 0.00296. The summed E-state index contributed by atoms with van der Waals surface area (Å²) in [5.41, 5.74) is -0.764. The number of aromatic nitrogens is 1. The lowest BCUT2D eigenvalue weighted by Crippen LogP contribution is -2.60. The quantitative estimate of drug-likeness (QED) is 0.734. The van der Waals surface area contributed by atoms with Gasteiger partial charge in [-0.3, -0.25) is 9.69 Å². The third kappa shape index (κ3) is 2.94. The molecule has 0 amide bonds. The highest BCUT2D eigenvalue weighted by Crippen LogP contribution is 2.36. The van der Waals surface area contributed by atoms with Crippen LogP contribution in [0.3, 0.4) is 0 Å². The molecule has 1 atom stereocenters. The Kier molecular flexibility index (Phi) is 3.66. The minimum Gasteiger partial charge on any atom is -0.350 e. The van der Waals surface area contributed by atoms with Crippen molar-refractivity contribution in [2.75, 3.05) is 24.5 Å². The lowest BCUT2D eigenvalue weighted by atomic mass is 9.92. The topological polar surface area (TPSA) is 36.4 Å². The number of fused-ring (bicyclic) bond motifs is 3. The number of carbonyl (C=O) groups is 1. The van der Waals surface area contributed by atoms with Crippen LogP contribution in [0.15, 0.2) is 12.3 Å². The Morgan fingerprint density at radius 2 is 1.91 bits per heavy atom. The monoisotopic (exact) mass is 327 g/mol. The van der Waals surface area contributed by atoms with Gasteiger partial charge in [-0.15, -0.1) is 0 Å². The standard InChI is InChI=1S/C16H20F3N3O/c1-15(2,3)21-4-5-22-11(9-21)7-13(23)12-6-10(16(17,18)19)8-20-14(12)22/h6,8,11H,4-5,7,9H2,1-3H3. The molecule has 0 spiro atoms.